The maximum absolute atomic E-state index is 12.0. The molecule has 0 saturated heterocycles. The molecule has 0 amide bonds. The Morgan fingerprint density at radius 2 is 2.17 bits per heavy atom. The molecule has 1 unspecified atom stereocenters. The van der Waals surface area contributed by atoms with E-state index < -0.39 is 10.0 Å². The highest BCUT2D eigenvalue weighted by atomic mass is 32.2. The standard InChI is InChI=1S/C13H17NO3S/c1-4-6-10(2)14-18(16,17)13-8-5-7-12(9-13)11(3)15/h4-5,7-10,14H,1,6H2,2-3H3. The number of nitrogens with one attached hydrogen (secondary N) is 1. The lowest BCUT2D eigenvalue weighted by Crippen LogP contribution is -2.32. The molecule has 5 heteroatoms. The van der Waals surface area contributed by atoms with Gasteiger partial charge in [-0.25, -0.2) is 13.1 Å². The summed E-state index contributed by atoms with van der Waals surface area (Å²) in [5, 5.41) is 0. The van der Waals surface area contributed by atoms with Crippen molar-refractivity contribution < 1.29 is 13.2 Å². The summed E-state index contributed by atoms with van der Waals surface area (Å²) in [6.07, 6.45) is 2.20. The van der Waals surface area contributed by atoms with E-state index in [1.54, 1.807) is 25.1 Å². The molecular formula is C13H17NO3S. The van der Waals surface area contributed by atoms with Crippen LogP contribution in [-0.4, -0.2) is 20.2 Å². The third kappa shape index (κ3) is 3.78. The molecule has 0 aromatic heterocycles. The fourth-order valence-corrected chi connectivity index (χ4v) is 2.82. The maximum atomic E-state index is 12.0. The molecule has 1 aromatic rings. The number of Topliss-reactive ketones (excluding diaryl/α,β-unsaturated/α-hetero) is 1. The Morgan fingerprint density at radius 3 is 2.72 bits per heavy atom. The molecule has 0 fully saturated rings. The van der Waals surface area contributed by atoms with Crippen molar-refractivity contribution in [1.82, 2.24) is 4.72 Å². The van der Waals surface area contributed by atoms with Gasteiger partial charge >= 0.3 is 0 Å². The van der Waals surface area contributed by atoms with E-state index in [1.165, 1.54) is 19.1 Å². The van der Waals surface area contributed by atoms with Crippen molar-refractivity contribution >= 4 is 15.8 Å². The van der Waals surface area contributed by atoms with E-state index >= 15 is 0 Å². The van der Waals surface area contributed by atoms with E-state index in [9.17, 15) is 13.2 Å². The predicted molar refractivity (Wildman–Crippen MR) is 71.0 cm³/mol. The quantitative estimate of drug-likeness (QED) is 0.634. The van der Waals surface area contributed by atoms with Crippen LogP contribution in [0.5, 0.6) is 0 Å². The summed E-state index contributed by atoms with van der Waals surface area (Å²) in [5.41, 5.74) is 0.384. The number of carbonyl (C=O) groups is 1. The van der Waals surface area contributed by atoms with Crippen LogP contribution in [0, 0.1) is 0 Å². The van der Waals surface area contributed by atoms with Gasteiger partial charge in [0.1, 0.15) is 0 Å². The van der Waals surface area contributed by atoms with Crippen LogP contribution < -0.4 is 4.72 Å². The van der Waals surface area contributed by atoms with E-state index in [4.69, 9.17) is 0 Å². The Labute approximate surface area is 108 Å². The van der Waals surface area contributed by atoms with Gasteiger partial charge in [0.05, 0.1) is 4.90 Å². The summed E-state index contributed by atoms with van der Waals surface area (Å²) in [5.74, 6) is -0.161. The smallest absolute Gasteiger partial charge is 0.240 e. The van der Waals surface area contributed by atoms with Crippen molar-refractivity contribution in [2.24, 2.45) is 0 Å². The summed E-state index contributed by atoms with van der Waals surface area (Å²) >= 11 is 0. The van der Waals surface area contributed by atoms with Crippen LogP contribution in [0.25, 0.3) is 0 Å². The Balaban J connectivity index is 3.01. The Kier molecular flexibility index (Phi) is 4.81. The molecule has 0 heterocycles. The number of hydrogen-bond acceptors (Lipinski definition) is 3. The highest BCUT2D eigenvalue weighted by Crippen LogP contribution is 2.13. The molecule has 0 radical (unpaired) electrons. The fraction of sp³-hybridized carbons (Fsp3) is 0.308. The number of carbonyl (C=O) groups excluding carboxylic acids is 1. The lowest BCUT2D eigenvalue weighted by Gasteiger charge is -2.12. The molecule has 0 aliphatic rings. The van der Waals surface area contributed by atoms with Gasteiger partial charge in [-0.3, -0.25) is 4.79 Å². The van der Waals surface area contributed by atoms with Crippen LogP contribution in [0.15, 0.2) is 41.8 Å². The molecule has 0 bridgehead atoms. The normalized spacial score (nSPS) is 13.0. The Bertz CT molecular complexity index is 549. The van der Waals surface area contributed by atoms with Crippen molar-refractivity contribution in [2.75, 3.05) is 0 Å². The minimum absolute atomic E-state index is 0.103. The molecule has 0 aliphatic carbocycles. The second kappa shape index (κ2) is 5.93. The molecule has 98 valence electrons. The van der Waals surface area contributed by atoms with Crippen LogP contribution in [-0.2, 0) is 10.0 Å². The first kappa shape index (κ1) is 14.6. The van der Waals surface area contributed by atoms with Crippen molar-refractivity contribution in [1.29, 1.82) is 0 Å². The summed E-state index contributed by atoms with van der Waals surface area (Å²) in [6, 6.07) is 5.77. The van der Waals surface area contributed by atoms with Crippen LogP contribution in [0.4, 0.5) is 0 Å². The summed E-state index contributed by atoms with van der Waals surface area (Å²) < 4.78 is 26.6. The average Bonchev–Trinajstić information content (AvgIpc) is 2.28. The fourth-order valence-electron chi connectivity index (χ4n) is 1.51. The molecule has 0 saturated carbocycles. The SMILES string of the molecule is C=CCC(C)NS(=O)(=O)c1cccc(C(C)=O)c1. The van der Waals surface area contributed by atoms with E-state index in [-0.39, 0.29) is 16.7 Å². The molecule has 1 atom stereocenters. The van der Waals surface area contributed by atoms with Gasteiger partial charge in [-0.15, -0.1) is 6.58 Å². The maximum Gasteiger partial charge on any atom is 0.240 e. The minimum Gasteiger partial charge on any atom is -0.295 e. The Hall–Kier alpha value is -1.46. The largest absolute Gasteiger partial charge is 0.295 e. The topological polar surface area (TPSA) is 63.2 Å². The second-order valence-corrected chi connectivity index (χ2v) is 5.84. The number of hydrogen-bond donors (Lipinski definition) is 1. The molecular weight excluding hydrogens is 250 g/mol. The van der Waals surface area contributed by atoms with Crippen LogP contribution in [0.3, 0.4) is 0 Å². The first-order chi connectivity index (χ1) is 8.36. The van der Waals surface area contributed by atoms with E-state index in [2.05, 4.69) is 11.3 Å². The molecule has 1 aromatic carbocycles. The van der Waals surface area contributed by atoms with Gasteiger partial charge in [-0.2, -0.15) is 0 Å². The molecule has 1 rings (SSSR count). The van der Waals surface area contributed by atoms with E-state index in [0.717, 1.165) is 0 Å². The summed E-state index contributed by atoms with van der Waals surface area (Å²) in [7, 11) is -3.59. The van der Waals surface area contributed by atoms with Crippen LogP contribution in [0.2, 0.25) is 0 Å². The molecule has 1 N–H and O–H groups in total. The van der Waals surface area contributed by atoms with Gasteiger partial charge in [0.25, 0.3) is 0 Å². The van der Waals surface area contributed by atoms with E-state index in [0.29, 0.717) is 12.0 Å². The third-order valence-corrected chi connectivity index (χ3v) is 4.01. The number of rotatable bonds is 6. The van der Waals surface area contributed by atoms with Gasteiger partial charge in [-0.1, -0.05) is 18.2 Å². The monoisotopic (exact) mass is 267 g/mol. The number of benzene rings is 1. The Morgan fingerprint density at radius 1 is 1.50 bits per heavy atom. The first-order valence-corrected chi connectivity index (χ1v) is 7.09. The third-order valence-electron chi connectivity index (χ3n) is 2.43. The van der Waals surface area contributed by atoms with Gasteiger partial charge < -0.3 is 0 Å². The van der Waals surface area contributed by atoms with Gasteiger partial charge in [0, 0.05) is 11.6 Å². The first-order valence-electron chi connectivity index (χ1n) is 5.61. The molecule has 4 nitrogen and oxygen atoms in total. The highest BCUT2D eigenvalue weighted by molar-refractivity contribution is 7.89. The number of sulfonamides is 1. The second-order valence-electron chi connectivity index (χ2n) is 4.13. The lowest BCUT2D eigenvalue weighted by atomic mass is 10.2. The minimum atomic E-state index is -3.59. The van der Waals surface area contributed by atoms with Crippen molar-refractivity contribution in [2.45, 2.75) is 31.2 Å². The summed E-state index contributed by atoms with van der Waals surface area (Å²) in [4.78, 5) is 11.3. The van der Waals surface area contributed by atoms with E-state index in [1.807, 2.05) is 0 Å². The predicted octanol–water partition coefficient (Wildman–Crippen LogP) is 2.13. The average molecular weight is 267 g/mol. The van der Waals surface area contributed by atoms with Gasteiger partial charge in [-0.05, 0) is 32.4 Å². The van der Waals surface area contributed by atoms with Gasteiger partial charge in [0.2, 0.25) is 10.0 Å². The zero-order valence-corrected chi connectivity index (χ0v) is 11.3. The van der Waals surface area contributed by atoms with Crippen molar-refractivity contribution in [3.05, 3.63) is 42.5 Å². The molecule has 0 spiro atoms. The molecule has 0 aliphatic heterocycles. The lowest BCUT2D eigenvalue weighted by molar-refractivity contribution is 0.101. The summed E-state index contributed by atoms with van der Waals surface area (Å²) in [6.45, 7) is 6.72. The zero-order valence-electron chi connectivity index (χ0n) is 10.5. The van der Waals surface area contributed by atoms with Crippen molar-refractivity contribution in [3.8, 4) is 0 Å². The van der Waals surface area contributed by atoms with Crippen molar-refractivity contribution in [3.63, 3.8) is 0 Å². The van der Waals surface area contributed by atoms with Gasteiger partial charge in [0.15, 0.2) is 5.78 Å². The highest BCUT2D eigenvalue weighted by Gasteiger charge is 2.17. The van der Waals surface area contributed by atoms with Crippen LogP contribution >= 0.6 is 0 Å². The van der Waals surface area contributed by atoms with Crippen LogP contribution in [0.1, 0.15) is 30.6 Å². The number of ketones is 1. The zero-order chi connectivity index (χ0) is 13.8. The molecule has 18 heavy (non-hydrogen) atoms.